The normalized spacial score (nSPS) is 15.8. The van der Waals surface area contributed by atoms with Crippen LogP contribution in [0.5, 0.6) is 5.75 Å². The van der Waals surface area contributed by atoms with Crippen molar-refractivity contribution in [3.05, 3.63) is 99.5 Å². The zero-order valence-electron chi connectivity index (χ0n) is 22.4. The van der Waals surface area contributed by atoms with E-state index in [0.717, 1.165) is 31.7 Å². The van der Waals surface area contributed by atoms with Crippen molar-refractivity contribution in [3.63, 3.8) is 0 Å². The standard InChI is InChI=1S/C32H35BrN2O3/c1-32(2,3)38-31(36)35-19-17-34(18-20-35)26-12-9-24(10-13-26)30-28-15-14-27(21-25(28)11-16-29(30)33)37-22-23-7-5-4-6-8-23/h4-10,12-15,21H,11,16-20,22H2,1-3H3. The minimum atomic E-state index is -0.471. The van der Waals surface area contributed by atoms with Gasteiger partial charge in [-0.1, -0.05) is 64.5 Å². The van der Waals surface area contributed by atoms with Crippen molar-refractivity contribution in [2.75, 3.05) is 31.1 Å². The van der Waals surface area contributed by atoms with Crippen LogP contribution in [0.15, 0.2) is 77.3 Å². The average molecular weight is 576 g/mol. The highest BCUT2D eigenvalue weighted by Crippen LogP contribution is 2.40. The van der Waals surface area contributed by atoms with Gasteiger partial charge in [0.1, 0.15) is 18.0 Å². The van der Waals surface area contributed by atoms with E-state index in [1.165, 1.54) is 38.0 Å². The summed E-state index contributed by atoms with van der Waals surface area (Å²) in [7, 11) is 0. The molecular formula is C32H35BrN2O3. The molecular weight excluding hydrogens is 540 g/mol. The third-order valence-corrected chi connectivity index (χ3v) is 7.72. The first kappa shape index (κ1) is 26.4. The van der Waals surface area contributed by atoms with Crippen LogP contribution in [0, 0.1) is 0 Å². The summed E-state index contributed by atoms with van der Waals surface area (Å²) in [5.41, 5.74) is 6.90. The van der Waals surface area contributed by atoms with Crippen LogP contribution < -0.4 is 9.64 Å². The molecule has 1 saturated heterocycles. The summed E-state index contributed by atoms with van der Waals surface area (Å²) in [5, 5.41) is 0. The Morgan fingerprint density at radius 1 is 0.895 bits per heavy atom. The van der Waals surface area contributed by atoms with Crippen molar-refractivity contribution in [2.24, 2.45) is 0 Å². The van der Waals surface area contributed by atoms with E-state index in [9.17, 15) is 4.79 Å². The molecule has 1 aliphatic carbocycles. The van der Waals surface area contributed by atoms with Crippen LogP contribution in [-0.2, 0) is 17.8 Å². The van der Waals surface area contributed by atoms with Crippen LogP contribution in [0.25, 0.3) is 5.57 Å². The highest BCUT2D eigenvalue weighted by atomic mass is 79.9. The van der Waals surface area contributed by atoms with Crippen LogP contribution in [0.4, 0.5) is 10.5 Å². The number of carbonyl (C=O) groups is 1. The van der Waals surface area contributed by atoms with Gasteiger partial charge in [0, 0.05) is 36.3 Å². The largest absolute Gasteiger partial charge is 0.489 e. The molecule has 0 bridgehead atoms. The van der Waals surface area contributed by atoms with Crippen molar-refractivity contribution in [2.45, 2.75) is 45.8 Å². The maximum Gasteiger partial charge on any atom is 0.410 e. The molecule has 5 nitrogen and oxygen atoms in total. The molecule has 0 aromatic heterocycles. The highest BCUT2D eigenvalue weighted by Gasteiger charge is 2.26. The molecule has 3 aromatic carbocycles. The molecule has 0 atom stereocenters. The number of aryl methyl sites for hydroxylation is 1. The van der Waals surface area contributed by atoms with Crippen molar-refractivity contribution in [1.29, 1.82) is 0 Å². The molecule has 5 rings (SSSR count). The molecule has 1 amide bonds. The fraction of sp³-hybridized carbons (Fsp3) is 0.344. The lowest BCUT2D eigenvalue weighted by atomic mass is 9.86. The lowest BCUT2D eigenvalue weighted by molar-refractivity contribution is 0.0240. The fourth-order valence-electron chi connectivity index (χ4n) is 4.99. The highest BCUT2D eigenvalue weighted by molar-refractivity contribution is 9.11. The van der Waals surface area contributed by atoms with E-state index in [-0.39, 0.29) is 6.09 Å². The Morgan fingerprint density at radius 2 is 1.61 bits per heavy atom. The number of hydrogen-bond acceptors (Lipinski definition) is 4. The van der Waals surface area contributed by atoms with Crippen molar-refractivity contribution in [3.8, 4) is 5.75 Å². The first-order valence-electron chi connectivity index (χ1n) is 13.3. The monoisotopic (exact) mass is 574 g/mol. The Morgan fingerprint density at radius 3 is 2.29 bits per heavy atom. The Bertz CT molecular complexity index is 1300. The Labute approximate surface area is 234 Å². The number of rotatable bonds is 5. The third-order valence-electron chi connectivity index (χ3n) is 6.93. The van der Waals surface area contributed by atoms with Gasteiger partial charge in [-0.05, 0) is 85.7 Å². The number of benzene rings is 3. The van der Waals surface area contributed by atoms with Gasteiger partial charge in [-0.2, -0.15) is 0 Å². The lowest BCUT2D eigenvalue weighted by Crippen LogP contribution is -2.50. The molecule has 1 heterocycles. The number of allylic oxidation sites excluding steroid dienone is 1. The Hall–Kier alpha value is -3.25. The maximum absolute atomic E-state index is 12.4. The molecule has 1 fully saturated rings. The second-order valence-electron chi connectivity index (χ2n) is 10.9. The van der Waals surface area contributed by atoms with Crippen LogP contribution in [0.3, 0.4) is 0 Å². The summed E-state index contributed by atoms with van der Waals surface area (Å²) in [5.74, 6) is 0.908. The number of amides is 1. The molecule has 0 N–H and O–H groups in total. The second kappa shape index (κ2) is 11.2. The summed E-state index contributed by atoms with van der Waals surface area (Å²) >= 11 is 3.87. The van der Waals surface area contributed by atoms with Crippen molar-refractivity contribution >= 4 is 33.3 Å². The molecule has 38 heavy (non-hydrogen) atoms. The molecule has 1 aliphatic heterocycles. The van der Waals surface area contributed by atoms with Gasteiger partial charge in [0.15, 0.2) is 0 Å². The number of hydrogen-bond donors (Lipinski definition) is 0. The molecule has 198 valence electrons. The Kier molecular flexibility index (Phi) is 7.80. The fourth-order valence-corrected chi connectivity index (χ4v) is 5.63. The third kappa shape index (κ3) is 6.24. The molecule has 6 heteroatoms. The van der Waals surface area contributed by atoms with Gasteiger partial charge in [0.2, 0.25) is 0 Å². The SMILES string of the molecule is CC(C)(C)OC(=O)N1CCN(c2ccc(C3=C(Br)CCc4cc(OCc5ccccc5)ccc43)cc2)CC1. The summed E-state index contributed by atoms with van der Waals surface area (Å²) in [6, 6.07) is 25.5. The predicted molar refractivity (Wildman–Crippen MR) is 157 cm³/mol. The summed E-state index contributed by atoms with van der Waals surface area (Å²) < 4.78 is 12.9. The van der Waals surface area contributed by atoms with Gasteiger partial charge in [0.25, 0.3) is 0 Å². The number of halogens is 1. The number of ether oxygens (including phenoxy) is 2. The number of nitrogens with zero attached hydrogens (tertiary/aromatic N) is 2. The topological polar surface area (TPSA) is 42.0 Å². The van der Waals surface area contributed by atoms with Gasteiger partial charge in [-0.25, -0.2) is 4.79 Å². The lowest BCUT2D eigenvalue weighted by Gasteiger charge is -2.36. The summed E-state index contributed by atoms with van der Waals surface area (Å²) in [6.07, 6.45) is 1.73. The van der Waals surface area contributed by atoms with E-state index < -0.39 is 5.60 Å². The van der Waals surface area contributed by atoms with Crippen molar-refractivity contribution < 1.29 is 14.3 Å². The van der Waals surface area contributed by atoms with E-state index in [4.69, 9.17) is 9.47 Å². The molecule has 0 saturated carbocycles. The maximum atomic E-state index is 12.4. The average Bonchev–Trinajstić information content (AvgIpc) is 2.92. The first-order valence-corrected chi connectivity index (χ1v) is 14.1. The van der Waals surface area contributed by atoms with E-state index in [2.05, 4.69) is 75.4 Å². The minimum Gasteiger partial charge on any atom is -0.489 e. The molecule has 0 spiro atoms. The van der Waals surface area contributed by atoms with E-state index in [0.29, 0.717) is 19.7 Å². The van der Waals surface area contributed by atoms with Gasteiger partial charge in [0.05, 0.1) is 0 Å². The predicted octanol–water partition coefficient (Wildman–Crippen LogP) is 7.42. The number of fused-ring (bicyclic) bond motifs is 1. The molecule has 0 radical (unpaired) electrons. The van der Waals surface area contributed by atoms with Crippen LogP contribution in [-0.4, -0.2) is 42.8 Å². The quantitative estimate of drug-likeness (QED) is 0.318. The number of anilines is 1. The van der Waals surface area contributed by atoms with Gasteiger partial charge >= 0.3 is 6.09 Å². The minimum absolute atomic E-state index is 0.228. The number of carbonyl (C=O) groups excluding carboxylic acids is 1. The summed E-state index contributed by atoms with van der Waals surface area (Å²) in [6.45, 7) is 9.18. The summed E-state index contributed by atoms with van der Waals surface area (Å²) in [4.78, 5) is 16.5. The molecule has 0 unspecified atom stereocenters. The first-order chi connectivity index (χ1) is 18.3. The second-order valence-corrected chi connectivity index (χ2v) is 11.8. The van der Waals surface area contributed by atoms with Crippen molar-refractivity contribution in [1.82, 2.24) is 4.90 Å². The van der Waals surface area contributed by atoms with Gasteiger partial charge in [-0.3, -0.25) is 0 Å². The zero-order valence-corrected chi connectivity index (χ0v) is 24.0. The number of piperazine rings is 1. The van der Waals surface area contributed by atoms with E-state index >= 15 is 0 Å². The van der Waals surface area contributed by atoms with Crippen LogP contribution in [0.2, 0.25) is 0 Å². The van der Waals surface area contributed by atoms with E-state index in [1.54, 1.807) is 4.90 Å². The zero-order chi connectivity index (χ0) is 26.7. The smallest absolute Gasteiger partial charge is 0.410 e. The Balaban J connectivity index is 1.25. The van der Waals surface area contributed by atoms with Crippen LogP contribution in [0.1, 0.15) is 49.4 Å². The van der Waals surface area contributed by atoms with E-state index in [1.807, 2.05) is 39.0 Å². The molecule has 3 aromatic rings. The molecule has 2 aliphatic rings. The van der Waals surface area contributed by atoms with Crippen LogP contribution >= 0.6 is 15.9 Å². The van der Waals surface area contributed by atoms with Gasteiger partial charge < -0.3 is 19.3 Å². The van der Waals surface area contributed by atoms with Gasteiger partial charge in [-0.15, -0.1) is 0 Å².